The van der Waals surface area contributed by atoms with Gasteiger partial charge in [-0.2, -0.15) is 0 Å². The van der Waals surface area contributed by atoms with Crippen LogP contribution < -0.4 is 4.74 Å². The lowest BCUT2D eigenvalue weighted by atomic mass is 9.93. The molecule has 1 aromatic carbocycles. The van der Waals surface area contributed by atoms with Crippen LogP contribution in [-0.4, -0.2) is 15.9 Å². The van der Waals surface area contributed by atoms with Gasteiger partial charge in [-0.25, -0.2) is 4.98 Å². The van der Waals surface area contributed by atoms with E-state index in [1.807, 2.05) is 24.3 Å². The molecule has 0 unspecified atom stereocenters. The van der Waals surface area contributed by atoms with Crippen LogP contribution in [0.15, 0.2) is 34.8 Å². The van der Waals surface area contributed by atoms with Crippen molar-refractivity contribution in [3.8, 4) is 5.75 Å². The minimum atomic E-state index is 0.0484. The molecule has 5 heteroatoms. The highest BCUT2D eigenvalue weighted by atomic mass is 32.1. The van der Waals surface area contributed by atoms with E-state index in [2.05, 4.69) is 36.3 Å². The molecule has 0 atom stereocenters. The minimum absolute atomic E-state index is 0.0484. The van der Waals surface area contributed by atoms with E-state index in [1.165, 1.54) is 0 Å². The number of oxime groups is 1. The molecule has 0 saturated heterocycles. The Labute approximate surface area is 129 Å². The van der Waals surface area contributed by atoms with Crippen LogP contribution in [0.1, 0.15) is 44.0 Å². The molecule has 1 aromatic heterocycles. The summed E-state index contributed by atoms with van der Waals surface area (Å²) in [7, 11) is 0. The number of aromatic nitrogens is 1. The lowest BCUT2D eigenvalue weighted by molar-refractivity contribution is 0.302. The fourth-order valence-electron chi connectivity index (χ4n) is 1.81. The van der Waals surface area contributed by atoms with Gasteiger partial charge in [0.15, 0.2) is 0 Å². The van der Waals surface area contributed by atoms with Crippen molar-refractivity contribution in [1.82, 2.24) is 4.98 Å². The highest BCUT2D eigenvalue weighted by Gasteiger charge is 2.17. The third-order valence-electron chi connectivity index (χ3n) is 3.10. The first-order valence-electron chi connectivity index (χ1n) is 6.77. The molecule has 0 aliphatic rings. The predicted octanol–water partition coefficient (Wildman–Crippen LogP) is 4.22. The molecule has 0 spiro atoms. The lowest BCUT2D eigenvalue weighted by Gasteiger charge is -2.14. The zero-order valence-electron chi connectivity index (χ0n) is 12.8. The van der Waals surface area contributed by atoms with Crippen molar-refractivity contribution in [2.24, 2.45) is 5.16 Å². The Balaban J connectivity index is 2.12. The monoisotopic (exact) mass is 304 g/mol. The molecule has 2 rings (SSSR count). The van der Waals surface area contributed by atoms with Gasteiger partial charge in [0.1, 0.15) is 17.4 Å². The molecule has 1 N–H and O–H groups in total. The van der Waals surface area contributed by atoms with E-state index in [4.69, 9.17) is 9.94 Å². The third kappa shape index (κ3) is 3.82. The molecule has 2 aromatic rings. The fraction of sp³-hybridized carbons (Fsp3) is 0.375. The Hall–Kier alpha value is -1.88. The van der Waals surface area contributed by atoms with Gasteiger partial charge >= 0.3 is 0 Å². The predicted molar refractivity (Wildman–Crippen MR) is 85.6 cm³/mol. The van der Waals surface area contributed by atoms with Crippen LogP contribution in [-0.2, 0) is 12.0 Å². The van der Waals surface area contributed by atoms with Crippen LogP contribution >= 0.6 is 11.3 Å². The Morgan fingerprint density at radius 2 is 2.05 bits per heavy atom. The van der Waals surface area contributed by atoms with Crippen LogP contribution in [0, 0.1) is 0 Å². The second kappa shape index (κ2) is 6.26. The summed E-state index contributed by atoms with van der Waals surface area (Å²) in [6.07, 6.45) is 0. The van der Waals surface area contributed by atoms with Crippen molar-refractivity contribution in [3.05, 3.63) is 45.9 Å². The van der Waals surface area contributed by atoms with Gasteiger partial charge in [0.25, 0.3) is 0 Å². The summed E-state index contributed by atoms with van der Waals surface area (Å²) in [5.74, 6) is 0.695. The average Bonchev–Trinajstić information content (AvgIpc) is 2.93. The van der Waals surface area contributed by atoms with E-state index in [-0.39, 0.29) is 5.41 Å². The van der Waals surface area contributed by atoms with Crippen LogP contribution in [0.4, 0.5) is 0 Å². The molecule has 4 nitrogen and oxygen atoms in total. The first kappa shape index (κ1) is 15.5. The lowest BCUT2D eigenvalue weighted by Crippen LogP contribution is -2.11. The summed E-state index contributed by atoms with van der Waals surface area (Å²) in [4.78, 5) is 4.61. The molecule has 0 fully saturated rings. The summed E-state index contributed by atoms with van der Waals surface area (Å²) in [5.41, 5.74) is 2.44. The molecule has 21 heavy (non-hydrogen) atoms. The van der Waals surface area contributed by atoms with Gasteiger partial charge in [0.2, 0.25) is 0 Å². The van der Waals surface area contributed by atoms with Crippen molar-refractivity contribution in [2.75, 3.05) is 0 Å². The Kier molecular flexibility index (Phi) is 4.63. The first-order chi connectivity index (χ1) is 9.91. The first-order valence-corrected chi connectivity index (χ1v) is 7.65. The van der Waals surface area contributed by atoms with E-state index in [0.29, 0.717) is 18.1 Å². The zero-order chi connectivity index (χ0) is 15.5. The highest BCUT2D eigenvalue weighted by molar-refractivity contribution is 7.09. The molecule has 112 valence electrons. The topological polar surface area (TPSA) is 54.7 Å². The van der Waals surface area contributed by atoms with Crippen molar-refractivity contribution in [1.29, 1.82) is 0 Å². The molecule has 1 heterocycles. The number of nitrogens with zero attached hydrogens (tertiary/aromatic N) is 2. The van der Waals surface area contributed by atoms with Gasteiger partial charge in [-0.1, -0.05) is 38.1 Å². The van der Waals surface area contributed by atoms with Gasteiger partial charge in [0, 0.05) is 16.4 Å². The Morgan fingerprint density at radius 1 is 1.33 bits per heavy atom. The second-order valence-electron chi connectivity index (χ2n) is 5.85. The van der Waals surface area contributed by atoms with Gasteiger partial charge < -0.3 is 9.94 Å². The Morgan fingerprint density at radius 3 is 2.67 bits per heavy atom. The molecule has 0 bridgehead atoms. The third-order valence-corrected chi connectivity index (χ3v) is 3.92. The number of para-hydroxylation sites is 1. The smallest absolute Gasteiger partial charge is 0.140 e. The van der Waals surface area contributed by atoms with Crippen molar-refractivity contribution in [2.45, 2.75) is 39.7 Å². The summed E-state index contributed by atoms with van der Waals surface area (Å²) in [5, 5.41) is 15.2. The minimum Gasteiger partial charge on any atom is -0.486 e. The zero-order valence-corrected chi connectivity index (χ0v) is 13.6. The molecular formula is C16H20N2O2S. The van der Waals surface area contributed by atoms with Crippen molar-refractivity contribution < 1.29 is 9.94 Å². The standard InChI is InChI=1S/C16H20N2O2S/c1-11(18-19)12-7-5-6-8-13(12)20-9-15-17-14(10-21-15)16(2,3)4/h5-8,10,19H,9H2,1-4H3/b18-11-. The number of hydrogen-bond donors (Lipinski definition) is 1. The van der Waals surface area contributed by atoms with Crippen LogP contribution in [0.3, 0.4) is 0 Å². The molecule has 0 aliphatic heterocycles. The largest absolute Gasteiger partial charge is 0.486 e. The highest BCUT2D eigenvalue weighted by Crippen LogP contribution is 2.25. The van der Waals surface area contributed by atoms with Crippen LogP contribution in [0.2, 0.25) is 0 Å². The normalized spacial score (nSPS) is 12.5. The molecule has 0 aliphatic carbocycles. The van der Waals surface area contributed by atoms with Crippen molar-refractivity contribution >= 4 is 17.0 Å². The van der Waals surface area contributed by atoms with E-state index < -0.39 is 0 Å². The SMILES string of the molecule is C/C(=N/O)c1ccccc1OCc1nc(C(C)(C)C)cs1. The number of thiazole rings is 1. The van der Waals surface area contributed by atoms with E-state index in [0.717, 1.165) is 16.3 Å². The van der Waals surface area contributed by atoms with Gasteiger partial charge in [-0.05, 0) is 19.1 Å². The second-order valence-corrected chi connectivity index (χ2v) is 6.79. The van der Waals surface area contributed by atoms with Gasteiger partial charge in [-0.3, -0.25) is 0 Å². The molecule has 0 amide bonds. The summed E-state index contributed by atoms with van der Waals surface area (Å²) in [6, 6.07) is 7.51. The number of ether oxygens (including phenoxy) is 1. The summed E-state index contributed by atoms with van der Waals surface area (Å²) < 4.78 is 5.83. The van der Waals surface area contributed by atoms with Crippen LogP contribution in [0.5, 0.6) is 5.75 Å². The average molecular weight is 304 g/mol. The summed E-state index contributed by atoms with van der Waals surface area (Å²) >= 11 is 1.60. The van der Waals surface area contributed by atoms with Crippen molar-refractivity contribution in [3.63, 3.8) is 0 Å². The maximum absolute atomic E-state index is 8.91. The number of benzene rings is 1. The maximum Gasteiger partial charge on any atom is 0.140 e. The summed E-state index contributed by atoms with van der Waals surface area (Å²) in [6.45, 7) is 8.58. The maximum atomic E-state index is 8.91. The van der Waals surface area contributed by atoms with E-state index in [1.54, 1.807) is 18.3 Å². The number of rotatable bonds is 4. The molecular weight excluding hydrogens is 284 g/mol. The van der Waals surface area contributed by atoms with Gasteiger partial charge in [0.05, 0.1) is 11.4 Å². The fourth-order valence-corrected chi connectivity index (χ4v) is 2.74. The quantitative estimate of drug-likeness (QED) is 0.523. The van der Waals surface area contributed by atoms with Crippen LogP contribution in [0.25, 0.3) is 0 Å². The van der Waals surface area contributed by atoms with E-state index >= 15 is 0 Å². The van der Waals surface area contributed by atoms with Gasteiger partial charge in [-0.15, -0.1) is 11.3 Å². The molecule has 0 saturated carbocycles. The number of hydrogen-bond acceptors (Lipinski definition) is 5. The molecule has 0 radical (unpaired) electrons. The van der Waals surface area contributed by atoms with E-state index in [9.17, 15) is 0 Å². The Bertz CT molecular complexity index is 642.